The van der Waals surface area contributed by atoms with Crippen LogP contribution in [0, 0.1) is 11.8 Å². The minimum atomic E-state index is -1.27. The van der Waals surface area contributed by atoms with E-state index in [9.17, 15) is 14.4 Å². The fourth-order valence-electron chi connectivity index (χ4n) is 6.07. The zero-order valence-corrected chi connectivity index (χ0v) is 18.3. The number of nitrogens with zero attached hydrogens (tertiary/aromatic N) is 2. The SMILES string of the molecule is O=C1[C@@H]2[C@H]3CCCN3[C@]3(C(=O)Nc4ccc(Cl)cc43)[C@H]2C(=O)N1c1cc(Cl)ccc1Cl. The lowest BCUT2D eigenvalue weighted by Gasteiger charge is -2.36. The van der Waals surface area contributed by atoms with Gasteiger partial charge in [-0.1, -0.05) is 34.8 Å². The van der Waals surface area contributed by atoms with Crippen molar-refractivity contribution in [2.75, 3.05) is 16.8 Å². The van der Waals surface area contributed by atoms with Crippen LogP contribution < -0.4 is 10.2 Å². The van der Waals surface area contributed by atoms with Crippen molar-refractivity contribution in [3.63, 3.8) is 0 Å². The molecule has 2 aromatic rings. The van der Waals surface area contributed by atoms with Crippen LogP contribution in [0.15, 0.2) is 36.4 Å². The van der Waals surface area contributed by atoms with Gasteiger partial charge in [0.05, 0.1) is 22.5 Å². The molecule has 2 aromatic carbocycles. The average Bonchev–Trinajstić information content (AvgIpc) is 3.43. The predicted octanol–water partition coefficient (Wildman–Crippen LogP) is 4.08. The maximum atomic E-state index is 13.9. The highest BCUT2D eigenvalue weighted by atomic mass is 35.5. The molecule has 0 bridgehead atoms. The molecule has 0 unspecified atom stereocenters. The van der Waals surface area contributed by atoms with Crippen LogP contribution >= 0.6 is 34.8 Å². The number of hydrogen-bond acceptors (Lipinski definition) is 4. The van der Waals surface area contributed by atoms with Crippen LogP contribution in [0.3, 0.4) is 0 Å². The van der Waals surface area contributed by atoms with E-state index in [4.69, 9.17) is 34.8 Å². The summed E-state index contributed by atoms with van der Waals surface area (Å²) < 4.78 is 0. The highest BCUT2D eigenvalue weighted by Crippen LogP contribution is 2.61. The lowest BCUT2D eigenvalue weighted by atomic mass is 9.75. The molecule has 9 heteroatoms. The Morgan fingerprint density at radius 3 is 2.52 bits per heavy atom. The van der Waals surface area contributed by atoms with Crippen molar-refractivity contribution in [2.24, 2.45) is 11.8 Å². The number of imide groups is 1. The Kier molecular flexibility index (Phi) is 4.07. The molecule has 0 aromatic heterocycles. The van der Waals surface area contributed by atoms with Crippen molar-refractivity contribution in [1.29, 1.82) is 0 Å². The number of fused-ring (bicyclic) bond motifs is 7. The van der Waals surface area contributed by atoms with Gasteiger partial charge in [0, 0.05) is 27.3 Å². The van der Waals surface area contributed by atoms with Gasteiger partial charge >= 0.3 is 0 Å². The molecule has 3 fully saturated rings. The predicted molar refractivity (Wildman–Crippen MR) is 117 cm³/mol. The number of benzene rings is 2. The molecule has 0 saturated carbocycles. The number of hydrogen-bond donors (Lipinski definition) is 1. The van der Waals surface area contributed by atoms with E-state index < -0.39 is 23.3 Å². The van der Waals surface area contributed by atoms with Crippen LogP contribution in [-0.2, 0) is 19.9 Å². The normalized spacial score (nSPS) is 31.4. The number of halogens is 3. The van der Waals surface area contributed by atoms with Crippen molar-refractivity contribution in [1.82, 2.24) is 4.90 Å². The monoisotopic (exact) mass is 475 g/mol. The van der Waals surface area contributed by atoms with Gasteiger partial charge in [0.15, 0.2) is 0 Å². The van der Waals surface area contributed by atoms with Crippen LogP contribution in [0.25, 0.3) is 0 Å². The first-order chi connectivity index (χ1) is 14.9. The molecule has 1 N–H and O–H groups in total. The number of carbonyl (C=O) groups is 3. The second-order valence-electron chi connectivity index (χ2n) is 8.42. The fraction of sp³-hybridized carbons (Fsp3) is 0.318. The van der Waals surface area contributed by atoms with Gasteiger partial charge < -0.3 is 5.32 Å². The van der Waals surface area contributed by atoms with Gasteiger partial charge in [-0.25, -0.2) is 4.90 Å². The molecule has 4 aliphatic heterocycles. The van der Waals surface area contributed by atoms with Gasteiger partial charge in [-0.2, -0.15) is 0 Å². The molecule has 158 valence electrons. The minimum Gasteiger partial charge on any atom is -0.324 e. The van der Waals surface area contributed by atoms with E-state index in [1.807, 2.05) is 4.90 Å². The molecule has 6 rings (SSSR count). The number of rotatable bonds is 1. The molecule has 3 saturated heterocycles. The maximum absolute atomic E-state index is 13.9. The second-order valence-corrected chi connectivity index (χ2v) is 9.70. The zero-order valence-electron chi connectivity index (χ0n) is 16.1. The third-order valence-electron chi connectivity index (χ3n) is 7.10. The first kappa shape index (κ1) is 19.6. The topological polar surface area (TPSA) is 69.7 Å². The van der Waals surface area contributed by atoms with E-state index in [0.717, 1.165) is 17.7 Å². The summed E-state index contributed by atoms with van der Waals surface area (Å²) in [5.41, 5.74) is 0.270. The number of nitrogens with one attached hydrogen (secondary N) is 1. The Labute approximate surface area is 193 Å². The molecule has 0 aliphatic carbocycles. The molecule has 1 spiro atoms. The number of anilines is 2. The summed E-state index contributed by atoms with van der Waals surface area (Å²) in [5, 5.41) is 4.02. The van der Waals surface area contributed by atoms with E-state index in [2.05, 4.69) is 5.32 Å². The van der Waals surface area contributed by atoms with Gasteiger partial charge in [0.2, 0.25) is 17.7 Å². The summed E-state index contributed by atoms with van der Waals surface area (Å²) in [6, 6.07) is 9.65. The fourth-order valence-corrected chi connectivity index (χ4v) is 6.61. The zero-order chi connectivity index (χ0) is 21.7. The first-order valence-electron chi connectivity index (χ1n) is 10.1. The summed E-state index contributed by atoms with van der Waals surface area (Å²) in [6.45, 7) is 0.634. The van der Waals surface area contributed by atoms with Gasteiger partial charge in [-0.3, -0.25) is 19.3 Å². The average molecular weight is 477 g/mol. The molecule has 0 radical (unpaired) electrons. The maximum Gasteiger partial charge on any atom is 0.250 e. The van der Waals surface area contributed by atoms with Crippen molar-refractivity contribution in [3.05, 3.63) is 57.0 Å². The molecule has 4 heterocycles. The van der Waals surface area contributed by atoms with E-state index in [-0.39, 0.29) is 28.6 Å². The third kappa shape index (κ3) is 2.31. The van der Waals surface area contributed by atoms with Crippen LogP contribution in [0.1, 0.15) is 18.4 Å². The summed E-state index contributed by atoms with van der Waals surface area (Å²) in [7, 11) is 0. The highest BCUT2D eigenvalue weighted by molar-refractivity contribution is 6.38. The van der Waals surface area contributed by atoms with Gasteiger partial charge in [-0.05, 0) is 55.8 Å². The van der Waals surface area contributed by atoms with Crippen molar-refractivity contribution < 1.29 is 14.4 Å². The molecular formula is C22H16Cl3N3O3. The summed E-state index contributed by atoms with van der Waals surface area (Å²) in [5.74, 6) is -2.56. The van der Waals surface area contributed by atoms with Crippen LogP contribution in [0.5, 0.6) is 0 Å². The molecule has 4 aliphatic rings. The first-order valence-corrected chi connectivity index (χ1v) is 11.2. The molecular weight excluding hydrogens is 461 g/mol. The van der Waals surface area contributed by atoms with Crippen molar-refractivity contribution in [3.8, 4) is 0 Å². The van der Waals surface area contributed by atoms with Crippen LogP contribution in [-0.4, -0.2) is 35.2 Å². The lowest BCUT2D eigenvalue weighted by molar-refractivity contribution is -0.135. The summed E-state index contributed by atoms with van der Waals surface area (Å²) in [6.07, 6.45) is 1.58. The van der Waals surface area contributed by atoms with E-state index >= 15 is 0 Å². The van der Waals surface area contributed by atoms with E-state index in [1.165, 1.54) is 6.07 Å². The number of carbonyl (C=O) groups excluding carboxylic acids is 3. The Hall–Kier alpha value is -2.12. The Bertz CT molecular complexity index is 1200. The van der Waals surface area contributed by atoms with Crippen molar-refractivity contribution >= 4 is 63.9 Å². The Morgan fingerprint density at radius 1 is 0.968 bits per heavy atom. The van der Waals surface area contributed by atoms with Gasteiger partial charge in [0.25, 0.3) is 0 Å². The van der Waals surface area contributed by atoms with Crippen LogP contribution in [0.4, 0.5) is 11.4 Å². The lowest BCUT2D eigenvalue weighted by Crippen LogP contribution is -2.54. The molecule has 4 atom stereocenters. The van der Waals surface area contributed by atoms with E-state index in [1.54, 1.807) is 30.3 Å². The Balaban J connectivity index is 1.58. The molecule has 3 amide bonds. The Morgan fingerprint density at radius 2 is 1.71 bits per heavy atom. The highest BCUT2D eigenvalue weighted by Gasteiger charge is 2.74. The smallest absolute Gasteiger partial charge is 0.250 e. The quantitative estimate of drug-likeness (QED) is 0.630. The largest absolute Gasteiger partial charge is 0.324 e. The molecule has 6 nitrogen and oxygen atoms in total. The summed E-state index contributed by atoms with van der Waals surface area (Å²) >= 11 is 18.8. The number of amides is 3. The summed E-state index contributed by atoms with van der Waals surface area (Å²) in [4.78, 5) is 44.2. The van der Waals surface area contributed by atoms with Crippen LogP contribution in [0.2, 0.25) is 15.1 Å². The molecule has 31 heavy (non-hydrogen) atoms. The minimum absolute atomic E-state index is 0.208. The van der Waals surface area contributed by atoms with Crippen molar-refractivity contribution in [2.45, 2.75) is 24.4 Å². The van der Waals surface area contributed by atoms with E-state index in [0.29, 0.717) is 27.8 Å². The van der Waals surface area contributed by atoms with Gasteiger partial charge in [0.1, 0.15) is 5.54 Å². The second kappa shape index (κ2) is 6.45. The van der Waals surface area contributed by atoms with Gasteiger partial charge in [-0.15, -0.1) is 0 Å². The third-order valence-corrected chi connectivity index (χ3v) is 7.89. The standard InChI is InChI=1S/C22H16Cl3N3O3/c23-10-4-6-14-12(8-10)22(21(31)26-14)18-17(15-2-1-7-27(15)22)19(29)28(20(18)30)16-9-11(24)3-5-13(16)25/h3-6,8-9,15,17-18H,1-2,7H2,(H,26,31)/t15-,17-,18-,22+/m1/s1.